The molecule has 0 unspecified atom stereocenters. The Bertz CT molecular complexity index is 399. The lowest BCUT2D eigenvalue weighted by atomic mass is 10.2. The van der Waals surface area contributed by atoms with Gasteiger partial charge in [0, 0.05) is 25.7 Å². The molecular formula is C14H20Br2O4. The molecule has 0 saturated carbocycles. The molecule has 0 amide bonds. The largest absolute Gasteiger partial charge is 0.493 e. The van der Waals surface area contributed by atoms with E-state index in [1.807, 2.05) is 12.1 Å². The molecule has 114 valence electrons. The number of rotatable bonds is 10. The zero-order chi connectivity index (χ0) is 14.8. The monoisotopic (exact) mass is 410 g/mol. The van der Waals surface area contributed by atoms with Crippen LogP contribution in [0.15, 0.2) is 16.6 Å². The molecule has 0 heterocycles. The molecule has 0 spiro atoms. The lowest BCUT2D eigenvalue weighted by Gasteiger charge is -2.14. The fourth-order valence-corrected chi connectivity index (χ4v) is 2.53. The predicted octanol–water partition coefficient (Wildman–Crippen LogP) is 3.78. The summed E-state index contributed by atoms with van der Waals surface area (Å²) in [5, 5.41) is 0.769. The molecule has 0 aliphatic heterocycles. The Morgan fingerprint density at radius 1 is 1.05 bits per heavy atom. The third kappa shape index (κ3) is 5.99. The van der Waals surface area contributed by atoms with Crippen molar-refractivity contribution in [1.82, 2.24) is 0 Å². The normalized spacial score (nSPS) is 10.6. The summed E-state index contributed by atoms with van der Waals surface area (Å²) in [6, 6.07) is 3.96. The summed E-state index contributed by atoms with van der Waals surface area (Å²) in [6.45, 7) is 2.42. The molecule has 0 aliphatic rings. The van der Waals surface area contributed by atoms with Gasteiger partial charge in [-0.15, -0.1) is 0 Å². The van der Waals surface area contributed by atoms with Gasteiger partial charge in [0.25, 0.3) is 0 Å². The number of hydrogen-bond donors (Lipinski definition) is 0. The molecule has 1 rings (SSSR count). The van der Waals surface area contributed by atoms with Crippen LogP contribution in [0.25, 0.3) is 0 Å². The van der Waals surface area contributed by atoms with E-state index in [1.54, 1.807) is 14.2 Å². The van der Waals surface area contributed by atoms with Crippen molar-refractivity contribution in [2.24, 2.45) is 0 Å². The van der Waals surface area contributed by atoms with Crippen molar-refractivity contribution in [2.45, 2.75) is 11.8 Å². The summed E-state index contributed by atoms with van der Waals surface area (Å²) >= 11 is 6.93. The Labute approximate surface area is 137 Å². The number of methoxy groups -OCH3 is 2. The highest BCUT2D eigenvalue weighted by Crippen LogP contribution is 2.37. The van der Waals surface area contributed by atoms with Gasteiger partial charge in [0.15, 0.2) is 11.5 Å². The van der Waals surface area contributed by atoms with Crippen LogP contribution in [0.1, 0.15) is 12.0 Å². The van der Waals surface area contributed by atoms with E-state index in [1.165, 1.54) is 0 Å². The average Bonchev–Trinajstić information content (AvgIpc) is 2.47. The van der Waals surface area contributed by atoms with Crippen LogP contribution in [0.3, 0.4) is 0 Å². The molecule has 20 heavy (non-hydrogen) atoms. The SMILES string of the molecule is COCCCOCCOc1c(Br)cc(CBr)cc1OC. The Morgan fingerprint density at radius 2 is 1.85 bits per heavy atom. The Morgan fingerprint density at radius 3 is 2.50 bits per heavy atom. The first kappa shape index (κ1) is 17.8. The lowest BCUT2D eigenvalue weighted by Crippen LogP contribution is -2.09. The standard InChI is InChI=1S/C14H20Br2O4/c1-17-4-3-5-19-6-7-20-14-12(16)8-11(10-15)9-13(14)18-2/h8-9H,3-7,10H2,1-2H3. The molecule has 0 N–H and O–H groups in total. The molecule has 0 aromatic heterocycles. The van der Waals surface area contributed by atoms with E-state index >= 15 is 0 Å². The first-order valence-corrected chi connectivity index (χ1v) is 8.26. The average molecular weight is 412 g/mol. The number of benzene rings is 1. The van der Waals surface area contributed by atoms with Crippen molar-refractivity contribution in [3.05, 3.63) is 22.2 Å². The van der Waals surface area contributed by atoms with E-state index in [4.69, 9.17) is 18.9 Å². The minimum absolute atomic E-state index is 0.482. The molecule has 1 aromatic rings. The minimum Gasteiger partial charge on any atom is -0.493 e. The summed E-state index contributed by atoms with van der Waals surface area (Å²) in [7, 11) is 3.32. The van der Waals surface area contributed by atoms with Crippen LogP contribution in [-0.4, -0.2) is 40.6 Å². The van der Waals surface area contributed by atoms with E-state index in [-0.39, 0.29) is 0 Å². The van der Waals surface area contributed by atoms with Gasteiger partial charge in [0.05, 0.1) is 18.2 Å². The quantitative estimate of drug-likeness (QED) is 0.433. The van der Waals surface area contributed by atoms with Crippen molar-refractivity contribution in [2.75, 3.05) is 40.6 Å². The third-order valence-electron chi connectivity index (χ3n) is 2.55. The summed E-state index contributed by atoms with van der Waals surface area (Å²) in [5.74, 6) is 1.42. The highest BCUT2D eigenvalue weighted by Gasteiger charge is 2.11. The van der Waals surface area contributed by atoms with Crippen LogP contribution in [0.5, 0.6) is 11.5 Å². The van der Waals surface area contributed by atoms with Crippen LogP contribution < -0.4 is 9.47 Å². The molecule has 4 nitrogen and oxygen atoms in total. The highest BCUT2D eigenvalue weighted by molar-refractivity contribution is 9.10. The van der Waals surface area contributed by atoms with Crippen molar-refractivity contribution < 1.29 is 18.9 Å². The van der Waals surface area contributed by atoms with E-state index in [0.717, 1.165) is 21.8 Å². The highest BCUT2D eigenvalue weighted by atomic mass is 79.9. The van der Waals surface area contributed by atoms with Gasteiger partial charge in [0.1, 0.15) is 6.61 Å². The van der Waals surface area contributed by atoms with Gasteiger partial charge in [-0.05, 0) is 40.0 Å². The summed E-state index contributed by atoms with van der Waals surface area (Å²) in [4.78, 5) is 0. The Hall–Kier alpha value is -0.300. The minimum atomic E-state index is 0.482. The fraction of sp³-hybridized carbons (Fsp3) is 0.571. The van der Waals surface area contributed by atoms with E-state index < -0.39 is 0 Å². The predicted molar refractivity (Wildman–Crippen MR) is 86.1 cm³/mol. The van der Waals surface area contributed by atoms with Crippen LogP contribution >= 0.6 is 31.9 Å². The first-order chi connectivity index (χ1) is 9.72. The fourth-order valence-electron chi connectivity index (χ4n) is 1.60. The third-order valence-corrected chi connectivity index (χ3v) is 3.79. The molecule has 0 fully saturated rings. The number of ether oxygens (including phenoxy) is 4. The molecule has 6 heteroatoms. The van der Waals surface area contributed by atoms with E-state index in [2.05, 4.69) is 31.9 Å². The summed E-state index contributed by atoms with van der Waals surface area (Å²) in [6.07, 6.45) is 0.892. The summed E-state index contributed by atoms with van der Waals surface area (Å²) < 4.78 is 22.3. The van der Waals surface area contributed by atoms with E-state index in [9.17, 15) is 0 Å². The first-order valence-electron chi connectivity index (χ1n) is 6.34. The van der Waals surface area contributed by atoms with Gasteiger partial charge in [-0.3, -0.25) is 0 Å². The molecule has 0 bridgehead atoms. The van der Waals surface area contributed by atoms with Gasteiger partial charge < -0.3 is 18.9 Å². The van der Waals surface area contributed by atoms with Crippen molar-refractivity contribution in [3.8, 4) is 11.5 Å². The Balaban J connectivity index is 2.43. The number of hydrogen-bond acceptors (Lipinski definition) is 4. The molecule has 0 aliphatic carbocycles. The van der Waals surface area contributed by atoms with Gasteiger partial charge in [-0.2, -0.15) is 0 Å². The van der Waals surface area contributed by atoms with Crippen LogP contribution in [-0.2, 0) is 14.8 Å². The lowest BCUT2D eigenvalue weighted by molar-refractivity contribution is 0.0797. The van der Waals surface area contributed by atoms with Crippen molar-refractivity contribution >= 4 is 31.9 Å². The van der Waals surface area contributed by atoms with Crippen molar-refractivity contribution in [3.63, 3.8) is 0 Å². The molecular weight excluding hydrogens is 392 g/mol. The topological polar surface area (TPSA) is 36.9 Å². The maximum Gasteiger partial charge on any atom is 0.175 e. The zero-order valence-corrected chi connectivity index (χ0v) is 15.0. The van der Waals surface area contributed by atoms with Gasteiger partial charge in [0.2, 0.25) is 0 Å². The second-order valence-corrected chi connectivity index (χ2v) is 5.46. The molecule has 1 aromatic carbocycles. The van der Waals surface area contributed by atoms with Crippen LogP contribution in [0.2, 0.25) is 0 Å². The molecule has 0 radical (unpaired) electrons. The maximum absolute atomic E-state index is 5.72. The van der Waals surface area contributed by atoms with Gasteiger partial charge >= 0.3 is 0 Å². The molecule has 0 atom stereocenters. The second-order valence-electron chi connectivity index (χ2n) is 4.05. The van der Waals surface area contributed by atoms with Crippen LogP contribution in [0, 0.1) is 0 Å². The molecule has 0 saturated heterocycles. The van der Waals surface area contributed by atoms with Crippen LogP contribution in [0.4, 0.5) is 0 Å². The maximum atomic E-state index is 5.72. The number of alkyl halides is 1. The Kier molecular flexibility index (Phi) is 9.26. The second kappa shape index (κ2) is 10.4. The van der Waals surface area contributed by atoms with Crippen molar-refractivity contribution in [1.29, 1.82) is 0 Å². The summed E-state index contributed by atoms with van der Waals surface area (Å²) in [5.41, 5.74) is 1.12. The smallest absolute Gasteiger partial charge is 0.175 e. The van der Waals surface area contributed by atoms with Gasteiger partial charge in [-0.1, -0.05) is 15.9 Å². The zero-order valence-electron chi connectivity index (χ0n) is 11.8. The number of halogens is 2. The van der Waals surface area contributed by atoms with E-state index in [0.29, 0.717) is 37.9 Å². The van der Waals surface area contributed by atoms with Gasteiger partial charge in [-0.25, -0.2) is 0 Å².